The highest BCUT2D eigenvalue weighted by Gasteiger charge is 2.20. The van der Waals surface area contributed by atoms with Gasteiger partial charge in [-0.05, 0) is 26.7 Å². The van der Waals surface area contributed by atoms with Crippen LogP contribution in [0.15, 0.2) is 6.33 Å². The van der Waals surface area contributed by atoms with E-state index in [4.69, 9.17) is 5.73 Å². The van der Waals surface area contributed by atoms with Crippen molar-refractivity contribution < 1.29 is 0 Å². The summed E-state index contributed by atoms with van der Waals surface area (Å²) in [6.07, 6.45) is 3.59. The number of rotatable bonds is 4. The lowest BCUT2D eigenvalue weighted by atomic mass is 9.95. The number of aromatic nitrogens is 2. The molecule has 0 aliphatic rings. The molecule has 0 saturated carbocycles. The summed E-state index contributed by atoms with van der Waals surface area (Å²) >= 11 is 0. The summed E-state index contributed by atoms with van der Waals surface area (Å²) in [6, 6.07) is 0. The van der Waals surface area contributed by atoms with Crippen molar-refractivity contribution in [2.45, 2.75) is 46.1 Å². The van der Waals surface area contributed by atoms with E-state index in [-0.39, 0.29) is 5.54 Å². The molecule has 0 aliphatic carbocycles. The zero-order valence-corrected chi connectivity index (χ0v) is 9.96. The molecular formula is C11H20N4. The number of nitrogen functional groups attached to an aromatic ring is 1. The largest absolute Gasteiger partial charge is 0.383 e. The molecule has 0 unspecified atom stereocenters. The minimum atomic E-state index is 0.0750. The molecular weight excluding hydrogens is 188 g/mol. The number of nitrogens with zero attached hydrogens (tertiary/aromatic N) is 2. The Morgan fingerprint density at radius 2 is 1.93 bits per heavy atom. The molecule has 3 N–H and O–H groups in total. The molecule has 0 radical (unpaired) electrons. The Kier molecular flexibility index (Phi) is 3.50. The fourth-order valence-electron chi connectivity index (χ4n) is 1.30. The molecule has 1 rings (SSSR count). The molecule has 0 saturated heterocycles. The van der Waals surface area contributed by atoms with Crippen molar-refractivity contribution in [3.63, 3.8) is 0 Å². The smallest absolute Gasteiger partial charge is 0.134 e. The van der Waals surface area contributed by atoms with E-state index in [1.807, 2.05) is 6.92 Å². The van der Waals surface area contributed by atoms with Crippen molar-refractivity contribution in [1.82, 2.24) is 9.97 Å². The molecule has 0 fully saturated rings. The van der Waals surface area contributed by atoms with Gasteiger partial charge in [-0.15, -0.1) is 0 Å². The van der Waals surface area contributed by atoms with Gasteiger partial charge in [0.15, 0.2) is 0 Å². The molecule has 1 aromatic heterocycles. The molecule has 0 aliphatic heterocycles. The maximum Gasteiger partial charge on any atom is 0.134 e. The van der Waals surface area contributed by atoms with Crippen LogP contribution in [0.2, 0.25) is 0 Å². The fraction of sp³-hybridized carbons (Fsp3) is 0.636. The van der Waals surface area contributed by atoms with Crippen molar-refractivity contribution in [3.8, 4) is 0 Å². The van der Waals surface area contributed by atoms with Crippen molar-refractivity contribution in [2.75, 3.05) is 11.1 Å². The van der Waals surface area contributed by atoms with Gasteiger partial charge in [0.1, 0.15) is 18.0 Å². The molecule has 0 aromatic carbocycles. The second-order valence-corrected chi connectivity index (χ2v) is 4.13. The summed E-state index contributed by atoms with van der Waals surface area (Å²) in [7, 11) is 0. The van der Waals surface area contributed by atoms with Crippen LogP contribution in [-0.4, -0.2) is 15.5 Å². The summed E-state index contributed by atoms with van der Waals surface area (Å²) in [6.45, 7) is 8.45. The first-order valence-corrected chi connectivity index (χ1v) is 5.37. The molecule has 0 spiro atoms. The van der Waals surface area contributed by atoms with Gasteiger partial charge >= 0.3 is 0 Å². The molecule has 0 amide bonds. The second kappa shape index (κ2) is 4.47. The lowest BCUT2D eigenvalue weighted by Gasteiger charge is -2.29. The van der Waals surface area contributed by atoms with Crippen LogP contribution in [0.3, 0.4) is 0 Å². The molecule has 4 heteroatoms. The van der Waals surface area contributed by atoms with Gasteiger partial charge in [0.25, 0.3) is 0 Å². The number of hydrogen-bond donors (Lipinski definition) is 2. The lowest BCUT2D eigenvalue weighted by molar-refractivity contribution is 0.476. The quantitative estimate of drug-likeness (QED) is 0.797. The van der Waals surface area contributed by atoms with Crippen molar-refractivity contribution >= 4 is 11.6 Å². The van der Waals surface area contributed by atoms with Gasteiger partial charge in [-0.3, -0.25) is 0 Å². The van der Waals surface area contributed by atoms with Crippen LogP contribution >= 0.6 is 0 Å². The van der Waals surface area contributed by atoms with Crippen LogP contribution in [-0.2, 0) is 0 Å². The minimum absolute atomic E-state index is 0.0750. The van der Waals surface area contributed by atoms with Crippen molar-refractivity contribution in [1.29, 1.82) is 0 Å². The van der Waals surface area contributed by atoms with E-state index < -0.39 is 0 Å². The third-order valence-electron chi connectivity index (χ3n) is 3.10. The van der Waals surface area contributed by atoms with E-state index in [0.717, 1.165) is 24.2 Å². The van der Waals surface area contributed by atoms with Crippen LogP contribution in [0.1, 0.15) is 39.2 Å². The SMILES string of the molecule is CCC(C)(CC)Nc1ncnc(N)c1C. The third kappa shape index (κ3) is 2.58. The van der Waals surface area contributed by atoms with E-state index in [1.54, 1.807) is 0 Å². The standard InChI is InChI=1S/C11H20N4/c1-5-11(4,6-2)15-10-8(3)9(12)13-7-14-10/h7H,5-6H2,1-4H3,(H3,12,13,14,15). The monoisotopic (exact) mass is 208 g/mol. The molecule has 1 aromatic rings. The van der Waals surface area contributed by atoms with Gasteiger partial charge in [0.2, 0.25) is 0 Å². The molecule has 84 valence electrons. The molecule has 4 nitrogen and oxygen atoms in total. The molecule has 0 bridgehead atoms. The molecule has 15 heavy (non-hydrogen) atoms. The topological polar surface area (TPSA) is 63.8 Å². The van der Waals surface area contributed by atoms with Crippen molar-refractivity contribution in [3.05, 3.63) is 11.9 Å². The predicted molar refractivity (Wildman–Crippen MR) is 63.8 cm³/mol. The Labute approximate surface area is 91.3 Å². The number of nitrogens with two attached hydrogens (primary N) is 1. The molecule has 1 heterocycles. The van der Waals surface area contributed by atoms with Crippen LogP contribution in [0.5, 0.6) is 0 Å². The van der Waals surface area contributed by atoms with Crippen LogP contribution in [0, 0.1) is 6.92 Å². The summed E-state index contributed by atoms with van der Waals surface area (Å²) < 4.78 is 0. The average Bonchev–Trinajstić information content (AvgIpc) is 2.25. The Hall–Kier alpha value is -1.32. The fourth-order valence-corrected chi connectivity index (χ4v) is 1.30. The number of hydrogen-bond acceptors (Lipinski definition) is 4. The Balaban J connectivity index is 2.94. The van der Waals surface area contributed by atoms with E-state index in [1.165, 1.54) is 6.33 Å². The first-order valence-electron chi connectivity index (χ1n) is 5.37. The van der Waals surface area contributed by atoms with E-state index in [9.17, 15) is 0 Å². The minimum Gasteiger partial charge on any atom is -0.383 e. The van der Waals surface area contributed by atoms with Gasteiger partial charge < -0.3 is 11.1 Å². The highest BCUT2D eigenvalue weighted by molar-refractivity contribution is 5.54. The van der Waals surface area contributed by atoms with Gasteiger partial charge in [0, 0.05) is 11.1 Å². The molecule has 0 atom stereocenters. The summed E-state index contributed by atoms with van der Waals surface area (Å²) in [5.41, 5.74) is 6.73. The van der Waals surface area contributed by atoms with Gasteiger partial charge in [-0.1, -0.05) is 13.8 Å². The van der Waals surface area contributed by atoms with Crippen LogP contribution < -0.4 is 11.1 Å². The first kappa shape index (κ1) is 11.8. The van der Waals surface area contributed by atoms with Gasteiger partial charge in [-0.25, -0.2) is 9.97 Å². The van der Waals surface area contributed by atoms with E-state index >= 15 is 0 Å². The van der Waals surface area contributed by atoms with Gasteiger partial charge in [-0.2, -0.15) is 0 Å². The zero-order valence-electron chi connectivity index (χ0n) is 9.96. The Morgan fingerprint density at radius 3 is 2.47 bits per heavy atom. The second-order valence-electron chi connectivity index (χ2n) is 4.13. The highest BCUT2D eigenvalue weighted by Crippen LogP contribution is 2.23. The number of anilines is 2. The summed E-state index contributed by atoms with van der Waals surface area (Å²) in [5.74, 6) is 1.38. The maximum atomic E-state index is 5.73. The van der Waals surface area contributed by atoms with E-state index in [2.05, 4.69) is 36.1 Å². The summed E-state index contributed by atoms with van der Waals surface area (Å²) in [4.78, 5) is 8.17. The Morgan fingerprint density at radius 1 is 1.33 bits per heavy atom. The van der Waals surface area contributed by atoms with E-state index in [0.29, 0.717) is 5.82 Å². The Bertz CT molecular complexity index is 331. The van der Waals surface area contributed by atoms with Crippen LogP contribution in [0.4, 0.5) is 11.6 Å². The normalized spacial score (nSPS) is 11.5. The van der Waals surface area contributed by atoms with Crippen molar-refractivity contribution in [2.24, 2.45) is 0 Å². The third-order valence-corrected chi connectivity index (χ3v) is 3.10. The zero-order chi connectivity index (χ0) is 11.5. The van der Waals surface area contributed by atoms with Crippen LogP contribution in [0.25, 0.3) is 0 Å². The first-order chi connectivity index (χ1) is 7.02. The summed E-state index contributed by atoms with van der Waals surface area (Å²) in [5, 5.41) is 3.43. The maximum absolute atomic E-state index is 5.73. The number of nitrogens with one attached hydrogen (secondary N) is 1. The average molecular weight is 208 g/mol. The predicted octanol–water partition coefficient (Wildman–Crippen LogP) is 2.36. The lowest BCUT2D eigenvalue weighted by Crippen LogP contribution is -2.33. The van der Waals surface area contributed by atoms with Gasteiger partial charge in [0.05, 0.1) is 0 Å². The highest BCUT2D eigenvalue weighted by atomic mass is 15.1.